The van der Waals surface area contributed by atoms with E-state index >= 15 is 0 Å². The molecule has 19 heavy (non-hydrogen) atoms. The zero-order valence-electron chi connectivity index (χ0n) is 11.3. The molecule has 0 unspecified atom stereocenters. The predicted molar refractivity (Wildman–Crippen MR) is 73.0 cm³/mol. The van der Waals surface area contributed by atoms with Crippen molar-refractivity contribution in [1.29, 1.82) is 5.26 Å². The summed E-state index contributed by atoms with van der Waals surface area (Å²) in [7, 11) is -3.42. The molecule has 0 aliphatic carbocycles. The first-order valence-corrected chi connectivity index (χ1v) is 7.86. The Hall–Kier alpha value is -1.38. The lowest BCUT2D eigenvalue weighted by molar-refractivity contribution is 0.310. The van der Waals surface area contributed by atoms with Gasteiger partial charge in [-0.05, 0) is 43.9 Å². The summed E-state index contributed by atoms with van der Waals surface area (Å²) in [4.78, 5) is 0.392. The molecule has 1 saturated heterocycles. The predicted octanol–water partition coefficient (Wildman–Crippen LogP) is 2.23. The Morgan fingerprint density at radius 3 is 2.47 bits per heavy atom. The molecule has 0 amide bonds. The summed E-state index contributed by atoms with van der Waals surface area (Å²) in [6.45, 7) is 4.58. The molecule has 2 rings (SSSR count). The molecular weight excluding hydrogens is 260 g/mol. The van der Waals surface area contributed by atoms with E-state index in [0.29, 0.717) is 30.8 Å². The number of aryl methyl sites for hydroxylation is 2. The minimum Gasteiger partial charge on any atom is -0.207 e. The van der Waals surface area contributed by atoms with Gasteiger partial charge in [0.05, 0.1) is 11.0 Å². The van der Waals surface area contributed by atoms with E-state index in [1.807, 2.05) is 26.0 Å². The molecule has 1 aromatic carbocycles. The summed E-state index contributed by atoms with van der Waals surface area (Å²) in [5.41, 5.74) is 1.71. The summed E-state index contributed by atoms with van der Waals surface area (Å²) < 4.78 is 26.7. The minimum atomic E-state index is -3.42. The van der Waals surface area contributed by atoms with Crippen molar-refractivity contribution in [2.24, 2.45) is 5.92 Å². The lowest BCUT2D eigenvalue weighted by Crippen LogP contribution is -2.38. The summed E-state index contributed by atoms with van der Waals surface area (Å²) >= 11 is 0. The zero-order chi connectivity index (χ0) is 14.0. The molecule has 0 radical (unpaired) electrons. The molecule has 1 aliphatic heterocycles. The number of nitrogens with zero attached hydrogens (tertiary/aromatic N) is 2. The van der Waals surface area contributed by atoms with Crippen LogP contribution in [-0.2, 0) is 10.0 Å². The Kier molecular flexibility index (Phi) is 3.93. The molecule has 1 fully saturated rings. The fourth-order valence-electron chi connectivity index (χ4n) is 2.35. The fraction of sp³-hybridized carbons (Fsp3) is 0.500. The van der Waals surface area contributed by atoms with Gasteiger partial charge in [0, 0.05) is 19.0 Å². The van der Waals surface area contributed by atoms with Crippen LogP contribution in [0.15, 0.2) is 23.1 Å². The topological polar surface area (TPSA) is 61.2 Å². The second-order valence-electron chi connectivity index (χ2n) is 5.08. The van der Waals surface area contributed by atoms with E-state index in [1.165, 1.54) is 4.31 Å². The summed E-state index contributed by atoms with van der Waals surface area (Å²) in [6.07, 6.45) is 1.25. The van der Waals surface area contributed by atoms with Gasteiger partial charge in [-0.2, -0.15) is 9.57 Å². The highest BCUT2D eigenvalue weighted by Crippen LogP contribution is 2.25. The van der Waals surface area contributed by atoms with Crippen molar-refractivity contribution in [1.82, 2.24) is 4.31 Å². The maximum Gasteiger partial charge on any atom is 0.243 e. The van der Waals surface area contributed by atoms with Gasteiger partial charge >= 0.3 is 0 Å². The van der Waals surface area contributed by atoms with E-state index in [9.17, 15) is 8.42 Å². The third-order valence-corrected chi connectivity index (χ3v) is 5.64. The maximum absolute atomic E-state index is 12.6. The largest absolute Gasteiger partial charge is 0.243 e. The molecule has 5 heteroatoms. The molecule has 0 aromatic heterocycles. The number of rotatable bonds is 2. The number of benzene rings is 1. The van der Waals surface area contributed by atoms with Crippen LogP contribution in [0.25, 0.3) is 0 Å². The van der Waals surface area contributed by atoms with Crippen LogP contribution in [0.5, 0.6) is 0 Å². The first-order chi connectivity index (χ1) is 8.95. The van der Waals surface area contributed by atoms with E-state index in [1.54, 1.807) is 6.07 Å². The quantitative estimate of drug-likeness (QED) is 0.833. The van der Waals surface area contributed by atoms with Crippen molar-refractivity contribution in [2.75, 3.05) is 13.1 Å². The summed E-state index contributed by atoms with van der Waals surface area (Å²) in [5, 5.41) is 8.86. The summed E-state index contributed by atoms with van der Waals surface area (Å²) in [5.74, 6) is -0.00921. The van der Waals surface area contributed by atoms with Gasteiger partial charge in [-0.3, -0.25) is 0 Å². The molecule has 1 heterocycles. The molecule has 4 nitrogen and oxygen atoms in total. The van der Waals surface area contributed by atoms with Gasteiger partial charge in [0.2, 0.25) is 10.0 Å². The van der Waals surface area contributed by atoms with E-state index in [0.717, 1.165) is 11.1 Å². The Morgan fingerprint density at radius 2 is 1.89 bits per heavy atom. The van der Waals surface area contributed by atoms with Crippen LogP contribution in [0.2, 0.25) is 0 Å². The van der Waals surface area contributed by atoms with E-state index in [4.69, 9.17) is 5.26 Å². The highest BCUT2D eigenvalue weighted by atomic mass is 32.2. The fourth-order valence-corrected chi connectivity index (χ4v) is 4.13. The average Bonchev–Trinajstić information content (AvgIpc) is 2.41. The van der Waals surface area contributed by atoms with Crippen molar-refractivity contribution < 1.29 is 8.42 Å². The highest BCUT2D eigenvalue weighted by Gasteiger charge is 2.30. The van der Waals surface area contributed by atoms with Crippen molar-refractivity contribution in [3.8, 4) is 6.07 Å². The molecule has 1 aromatic rings. The van der Waals surface area contributed by atoms with Gasteiger partial charge in [0.15, 0.2) is 0 Å². The molecule has 0 atom stereocenters. The van der Waals surface area contributed by atoms with Crippen LogP contribution < -0.4 is 0 Å². The lowest BCUT2D eigenvalue weighted by atomic mass is 10.0. The smallest absolute Gasteiger partial charge is 0.207 e. The first kappa shape index (κ1) is 14.0. The Balaban J connectivity index is 2.29. The SMILES string of the molecule is Cc1ccc(C)c(S(=O)(=O)N2CCC(C#N)CC2)c1. The van der Waals surface area contributed by atoms with Crippen LogP contribution >= 0.6 is 0 Å². The average molecular weight is 278 g/mol. The van der Waals surface area contributed by atoms with Crippen LogP contribution in [0.3, 0.4) is 0 Å². The molecule has 0 spiro atoms. The maximum atomic E-state index is 12.6. The number of piperidine rings is 1. The second-order valence-corrected chi connectivity index (χ2v) is 6.98. The van der Waals surface area contributed by atoms with E-state index in [-0.39, 0.29) is 5.92 Å². The van der Waals surface area contributed by atoms with E-state index in [2.05, 4.69) is 6.07 Å². The number of nitriles is 1. The Labute approximate surface area is 114 Å². The monoisotopic (exact) mass is 278 g/mol. The minimum absolute atomic E-state index is 0.00921. The number of sulfonamides is 1. The third-order valence-electron chi connectivity index (χ3n) is 3.60. The van der Waals surface area contributed by atoms with Gasteiger partial charge in [-0.25, -0.2) is 8.42 Å². The number of hydrogen-bond donors (Lipinski definition) is 0. The van der Waals surface area contributed by atoms with Gasteiger partial charge < -0.3 is 0 Å². The van der Waals surface area contributed by atoms with Crippen molar-refractivity contribution in [3.63, 3.8) is 0 Å². The van der Waals surface area contributed by atoms with E-state index < -0.39 is 10.0 Å². The van der Waals surface area contributed by atoms with Gasteiger partial charge in [-0.1, -0.05) is 12.1 Å². The number of hydrogen-bond acceptors (Lipinski definition) is 3. The van der Waals surface area contributed by atoms with Crippen molar-refractivity contribution in [2.45, 2.75) is 31.6 Å². The Bertz CT molecular complexity index is 609. The third kappa shape index (κ3) is 2.80. The van der Waals surface area contributed by atoms with Gasteiger partial charge in [0.1, 0.15) is 0 Å². The zero-order valence-corrected chi connectivity index (χ0v) is 12.1. The van der Waals surface area contributed by atoms with Crippen molar-refractivity contribution in [3.05, 3.63) is 29.3 Å². The molecule has 102 valence electrons. The second kappa shape index (κ2) is 5.32. The van der Waals surface area contributed by atoms with Crippen LogP contribution in [0.4, 0.5) is 0 Å². The standard InChI is InChI=1S/C14H18N2O2S/c1-11-3-4-12(2)14(9-11)19(17,18)16-7-5-13(10-15)6-8-16/h3-4,9,13H,5-8H2,1-2H3. The van der Waals surface area contributed by atoms with Crippen molar-refractivity contribution >= 4 is 10.0 Å². The Morgan fingerprint density at radius 1 is 1.26 bits per heavy atom. The van der Waals surface area contributed by atoms with Gasteiger partial charge in [0.25, 0.3) is 0 Å². The molecular formula is C14H18N2O2S. The van der Waals surface area contributed by atoms with Crippen LogP contribution in [-0.4, -0.2) is 25.8 Å². The lowest BCUT2D eigenvalue weighted by Gasteiger charge is -2.28. The molecule has 1 aliphatic rings. The summed E-state index contributed by atoms with van der Waals surface area (Å²) in [6, 6.07) is 7.69. The molecule has 0 N–H and O–H groups in total. The van der Waals surface area contributed by atoms with Crippen LogP contribution in [0, 0.1) is 31.1 Å². The molecule has 0 bridgehead atoms. The molecule has 0 saturated carbocycles. The normalized spacial score (nSPS) is 18.2. The first-order valence-electron chi connectivity index (χ1n) is 6.42. The highest BCUT2D eigenvalue weighted by molar-refractivity contribution is 7.89. The van der Waals surface area contributed by atoms with Crippen LogP contribution in [0.1, 0.15) is 24.0 Å². The van der Waals surface area contributed by atoms with Gasteiger partial charge in [-0.15, -0.1) is 0 Å².